The minimum Gasteiger partial charge on any atom is -0.0622 e. The summed E-state index contributed by atoms with van der Waals surface area (Å²) in [6.45, 7) is 0. The van der Waals surface area contributed by atoms with E-state index in [2.05, 4.69) is 30.3 Å². The Morgan fingerprint density at radius 3 is 1.93 bits per heavy atom. The number of rotatable bonds is 1. The van der Waals surface area contributed by atoms with Gasteiger partial charge in [-0.3, -0.25) is 0 Å². The molecule has 0 heteroatoms. The Bertz CT molecular complexity index is 242. The Morgan fingerprint density at radius 2 is 1.29 bits per heavy atom. The average molecular weight is 188 g/mol. The van der Waals surface area contributed by atoms with Crippen molar-refractivity contribution in [2.24, 2.45) is 0 Å². The zero-order chi connectivity index (χ0) is 9.64. The molecule has 0 bridgehead atoms. The Morgan fingerprint density at radius 1 is 0.714 bits per heavy atom. The molecule has 0 aromatic heterocycles. The third-order valence-electron chi connectivity index (χ3n) is 3.38. The smallest absolute Gasteiger partial charge is 0.0162 e. The number of benzene rings is 1. The summed E-state index contributed by atoms with van der Waals surface area (Å²) in [5.74, 6) is 0.844. The molecule has 0 unspecified atom stereocenters. The van der Waals surface area contributed by atoms with Crippen LogP contribution in [0.3, 0.4) is 0 Å². The second kappa shape index (κ2) is 5.19. The lowest BCUT2D eigenvalue weighted by Gasteiger charge is -2.19. The molecule has 0 amide bonds. The molecule has 1 aliphatic rings. The van der Waals surface area contributed by atoms with Crippen molar-refractivity contribution in [2.75, 3.05) is 0 Å². The molecule has 0 atom stereocenters. The minimum atomic E-state index is 0.844. The van der Waals surface area contributed by atoms with Crippen LogP contribution in [-0.4, -0.2) is 0 Å². The van der Waals surface area contributed by atoms with Gasteiger partial charge in [0.1, 0.15) is 0 Å². The summed E-state index contributed by atoms with van der Waals surface area (Å²) in [5.41, 5.74) is 1.56. The molecule has 2 rings (SSSR count). The van der Waals surface area contributed by atoms with E-state index < -0.39 is 0 Å². The van der Waals surface area contributed by atoms with Crippen molar-refractivity contribution in [3.05, 3.63) is 35.9 Å². The molecule has 0 saturated heterocycles. The standard InChI is InChI=1S/C14H20/c1-2-5-9-13(10-6-3-1)14-11-7-4-8-12-14/h4,7-8,11-13H,1-3,5-6,9-10H2. The molecule has 1 aromatic carbocycles. The fourth-order valence-electron chi connectivity index (χ4n) is 2.51. The highest BCUT2D eigenvalue weighted by molar-refractivity contribution is 5.19. The van der Waals surface area contributed by atoms with Crippen molar-refractivity contribution in [3.8, 4) is 0 Å². The van der Waals surface area contributed by atoms with Gasteiger partial charge in [0.25, 0.3) is 0 Å². The maximum atomic E-state index is 2.30. The Labute approximate surface area is 87.3 Å². The third kappa shape index (κ3) is 2.60. The molecule has 0 nitrogen and oxygen atoms in total. The van der Waals surface area contributed by atoms with Gasteiger partial charge >= 0.3 is 0 Å². The van der Waals surface area contributed by atoms with E-state index in [1.54, 1.807) is 5.56 Å². The van der Waals surface area contributed by atoms with Crippen molar-refractivity contribution in [2.45, 2.75) is 50.9 Å². The highest BCUT2D eigenvalue weighted by atomic mass is 14.2. The molecule has 1 aliphatic carbocycles. The predicted octanol–water partition coefficient (Wildman–Crippen LogP) is 4.51. The molecular weight excluding hydrogens is 168 g/mol. The van der Waals surface area contributed by atoms with Crippen molar-refractivity contribution in [1.82, 2.24) is 0 Å². The van der Waals surface area contributed by atoms with Crippen molar-refractivity contribution in [1.29, 1.82) is 0 Å². The van der Waals surface area contributed by atoms with Gasteiger partial charge in [0.2, 0.25) is 0 Å². The fourth-order valence-corrected chi connectivity index (χ4v) is 2.51. The van der Waals surface area contributed by atoms with Gasteiger partial charge in [0, 0.05) is 0 Å². The van der Waals surface area contributed by atoms with E-state index in [1.165, 1.54) is 44.9 Å². The zero-order valence-electron chi connectivity index (χ0n) is 8.91. The van der Waals surface area contributed by atoms with Crippen LogP contribution in [-0.2, 0) is 0 Å². The van der Waals surface area contributed by atoms with Gasteiger partial charge in [-0.2, -0.15) is 0 Å². The van der Waals surface area contributed by atoms with E-state index in [4.69, 9.17) is 0 Å². The van der Waals surface area contributed by atoms with Gasteiger partial charge in [-0.25, -0.2) is 0 Å². The fraction of sp³-hybridized carbons (Fsp3) is 0.571. The molecule has 1 saturated carbocycles. The van der Waals surface area contributed by atoms with E-state index in [9.17, 15) is 0 Å². The largest absolute Gasteiger partial charge is 0.0622 e. The SMILES string of the molecule is c1ccc(C2CCCCCCC2)cc1. The van der Waals surface area contributed by atoms with Gasteiger partial charge in [-0.1, -0.05) is 62.4 Å². The van der Waals surface area contributed by atoms with E-state index in [0.29, 0.717) is 0 Å². The van der Waals surface area contributed by atoms with E-state index in [0.717, 1.165) is 5.92 Å². The summed E-state index contributed by atoms with van der Waals surface area (Å²) in [4.78, 5) is 0. The molecule has 0 N–H and O–H groups in total. The van der Waals surface area contributed by atoms with Gasteiger partial charge in [-0.05, 0) is 24.3 Å². The molecule has 0 radical (unpaired) electrons. The Hall–Kier alpha value is -0.780. The number of hydrogen-bond acceptors (Lipinski definition) is 0. The normalized spacial score (nSPS) is 20.0. The van der Waals surface area contributed by atoms with Crippen LogP contribution in [0.4, 0.5) is 0 Å². The lowest BCUT2D eigenvalue weighted by Crippen LogP contribution is -2.01. The van der Waals surface area contributed by atoms with Gasteiger partial charge in [-0.15, -0.1) is 0 Å². The van der Waals surface area contributed by atoms with Crippen molar-refractivity contribution in [3.63, 3.8) is 0 Å². The molecule has 1 fully saturated rings. The quantitative estimate of drug-likeness (QED) is 0.608. The van der Waals surface area contributed by atoms with Crippen LogP contribution in [0.5, 0.6) is 0 Å². The van der Waals surface area contributed by atoms with Crippen LogP contribution in [0.2, 0.25) is 0 Å². The van der Waals surface area contributed by atoms with Crippen LogP contribution in [0.25, 0.3) is 0 Å². The molecule has 0 aliphatic heterocycles. The topological polar surface area (TPSA) is 0 Å². The Kier molecular flexibility index (Phi) is 3.62. The third-order valence-corrected chi connectivity index (χ3v) is 3.38. The van der Waals surface area contributed by atoms with E-state index >= 15 is 0 Å². The summed E-state index contributed by atoms with van der Waals surface area (Å²) in [7, 11) is 0. The summed E-state index contributed by atoms with van der Waals surface area (Å²) in [5, 5.41) is 0. The monoisotopic (exact) mass is 188 g/mol. The van der Waals surface area contributed by atoms with Gasteiger partial charge < -0.3 is 0 Å². The van der Waals surface area contributed by atoms with Crippen LogP contribution in [0, 0.1) is 0 Å². The molecule has 76 valence electrons. The number of hydrogen-bond donors (Lipinski definition) is 0. The second-order valence-electron chi connectivity index (χ2n) is 4.45. The highest BCUT2D eigenvalue weighted by Gasteiger charge is 2.12. The van der Waals surface area contributed by atoms with Crippen LogP contribution < -0.4 is 0 Å². The summed E-state index contributed by atoms with van der Waals surface area (Å²) < 4.78 is 0. The van der Waals surface area contributed by atoms with Crippen LogP contribution in [0.1, 0.15) is 56.4 Å². The van der Waals surface area contributed by atoms with Crippen molar-refractivity contribution >= 4 is 0 Å². The maximum Gasteiger partial charge on any atom is -0.0162 e. The van der Waals surface area contributed by atoms with Gasteiger partial charge in [0.05, 0.1) is 0 Å². The second-order valence-corrected chi connectivity index (χ2v) is 4.45. The minimum absolute atomic E-state index is 0.844. The first-order chi connectivity index (χ1) is 6.97. The maximum absolute atomic E-state index is 2.30. The molecular formula is C14H20. The first-order valence-electron chi connectivity index (χ1n) is 6.02. The van der Waals surface area contributed by atoms with Crippen LogP contribution >= 0.6 is 0 Å². The average Bonchev–Trinajstić information content (AvgIpc) is 2.18. The summed E-state index contributed by atoms with van der Waals surface area (Å²) >= 11 is 0. The lowest BCUT2D eigenvalue weighted by molar-refractivity contribution is 0.455. The molecule has 0 spiro atoms. The van der Waals surface area contributed by atoms with Gasteiger partial charge in [0.15, 0.2) is 0 Å². The summed E-state index contributed by atoms with van der Waals surface area (Å²) in [6, 6.07) is 11.1. The molecule has 1 aromatic rings. The van der Waals surface area contributed by atoms with E-state index in [1.807, 2.05) is 0 Å². The lowest BCUT2D eigenvalue weighted by atomic mass is 9.86. The zero-order valence-corrected chi connectivity index (χ0v) is 8.91. The van der Waals surface area contributed by atoms with E-state index in [-0.39, 0.29) is 0 Å². The Balaban J connectivity index is 2.01. The first kappa shape index (κ1) is 9.76. The predicted molar refractivity (Wildman–Crippen MR) is 61.5 cm³/mol. The first-order valence-corrected chi connectivity index (χ1v) is 6.02. The summed E-state index contributed by atoms with van der Waals surface area (Å²) in [6.07, 6.45) is 10.0. The molecule has 0 heterocycles. The van der Waals surface area contributed by atoms with Crippen LogP contribution in [0.15, 0.2) is 30.3 Å². The highest BCUT2D eigenvalue weighted by Crippen LogP contribution is 2.30. The van der Waals surface area contributed by atoms with Crippen molar-refractivity contribution < 1.29 is 0 Å². The molecule has 14 heavy (non-hydrogen) atoms.